The summed E-state index contributed by atoms with van der Waals surface area (Å²) in [4.78, 5) is 42.7. The van der Waals surface area contributed by atoms with Crippen molar-refractivity contribution in [3.63, 3.8) is 0 Å². The molecule has 0 spiro atoms. The molecule has 0 aliphatic heterocycles. The van der Waals surface area contributed by atoms with Crippen molar-refractivity contribution in [2.24, 2.45) is 0 Å². The van der Waals surface area contributed by atoms with Gasteiger partial charge in [-0.3, -0.25) is 24.0 Å². The molecule has 1 aromatic heterocycles. The molecule has 2 aromatic rings. The molecule has 11 heteroatoms. The number of likely N-dealkylation sites (N-methyl/N-ethyl adjacent to an activating group) is 1. The Kier molecular flexibility index (Phi) is 8.86. The van der Waals surface area contributed by atoms with Crippen LogP contribution in [0.5, 0.6) is 0 Å². The predicted molar refractivity (Wildman–Crippen MR) is 121 cm³/mol. The number of hydrogen-bond acceptors (Lipinski definition) is 5. The lowest BCUT2D eigenvalue weighted by atomic mass is 10.1. The number of amides is 1. The molecule has 8 nitrogen and oxygen atoms in total. The third kappa shape index (κ3) is 6.47. The Morgan fingerprint density at radius 1 is 1.15 bits per heavy atom. The predicted octanol–water partition coefficient (Wildman–Crippen LogP) is 2.81. The van der Waals surface area contributed by atoms with Gasteiger partial charge in [-0.05, 0) is 31.5 Å². The smallest absolute Gasteiger partial charge is 0.383 e. The maximum absolute atomic E-state index is 13.3. The number of rotatable bonds is 10. The van der Waals surface area contributed by atoms with Gasteiger partial charge in [0.1, 0.15) is 5.82 Å². The third-order valence-electron chi connectivity index (χ3n) is 5.14. The number of alkyl halides is 3. The average molecular weight is 470 g/mol. The van der Waals surface area contributed by atoms with Gasteiger partial charge in [-0.15, -0.1) is 0 Å². The molecular formula is C22H30F3N5O3. The van der Waals surface area contributed by atoms with Crippen molar-refractivity contribution in [1.29, 1.82) is 0 Å². The molecule has 0 unspecified atom stereocenters. The Hall–Kier alpha value is -3.08. The van der Waals surface area contributed by atoms with Crippen molar-refractivity contribution >= 4 is 17.4 Å². The van der Waals surface area contributed by atoms with Crippen LogP contribution in [-0.2, 0) is 24.1 Å². The van der Waals surface area contributed by atoms with Crippen LogP contribution >= 0.6 is 0 Å². The summed E-state index contributed by atoms with van der Waals surface area (Å²) >= 11 is 0. The highest BCUT2D eigenvalue weighted by molar-refractivity contribution is 5.96. The van der Waals surface area contributed by atoms with Crippen molar-refractivity contribution in [3.05, 3.63) is 56.2 Å². The Bertz CT molecular complexity index is 1080. The van der Waals surface area contributed by atoms with Crippen LogP contribution < -0.4 is 21.9 Å². The summed E-state index contributed by atoms with van der Waals surface area (Å²) in [5, 5.41) is 0. The lowest BCUT2D eigenvalue weighted by Gasteiger charge is -2.27. The summed E-state index contributed by atoms with van der Waals surface area (Å²) < 4.78 is 41.1. The molecule has 0 atom stereocenters. The number of nitrogens with zero attached hydrogens (tertiary/aromatic N) is 3. The monoisotopic (exact) mass is 469 g/mol. The molecule has 0 fully saturated rings. The number of aromatic nitrogens is 2. The number of carbonyl (C=O) groups is 1. The fourth-order valence-corrected chi connectivity index (χ4v) is 3.56. The van der Waals surface area contributed by atoms with Gasteiger partial charge in [-0.2, -0.15) is 13.2 Å². The van der Waals surface area contributed by atoms with Crippen LogP contribution in [0.25, 0.3) is 0 Å². The Morgan fingerprint density at radius 3 is 2.42 bits per heavy atom. The third-order valence-corrected chi connectivity index (χ3v) is 5.14. The van der Waals surface area contributed by atoms with E-state index in [0.717, 1.165) is 12.5 Å². The van der Waals surface area contributed by atoms with Crippen LogP contribution in [0.3, 0.4) is 0 Å². The fourth-order valence-electron chi connectivity index (χ4n) is 3.56. The zero-order chi connectivity index (χ0) is 24.8. The topological polar surface area (TPSA) is 104 Å². The highest BCUT2D eigenvalue weighted by Gasteiger charge is 2.33. The van der Waals surface area contributed by atoms with Crippen LogP contribution in [0, 0.1) is 0 Å². The second-order valence-electron chi connectivity index (χ2n) is 7.87. The van der Waals surface area contributed by atoms with Gasteiger partial charge in [0.2, 0.25) is 5.91 Å². The summed E-state index contributed by atoms with van der Waals surface area (Å²) in [6.45, 7) is 3.82. The number of anilines is 2. The number of nitrogens with two attached hydrogens (primary N) is 1. The fraction of sp³-hybridized carbons (Fsp3) is 0.500. The van der Waals surface area contributed by atoms with Gasteiger partial charge in [0.15, 0.2) is 5.69 Å². The number of benzene rings is 1. The summed E-state index contributed by atoms with van der Waals surface area (Å²) in [6.07, 6.45) is -2.63. The SMILES string of the molecule is CCCCN(C(=O)CN(C)Cc1ccccc1C(F)(F)F)c1c(N)n(CCC)c(=O)[nH]c1=O. The molecule has 0 saturated carbocycles. The first-order valence-corrected chi connectivity index (χ1v) is 10.8. The van der Waals surface area contributed by atoms with E-state index in [1.165, 1.54) is 39.6 Å². The van der Waals surface area contributed by atoms with E-state index in [2.05, 4.69) is 4.98 Å². The maximum Gasteiger partial charge on any atom is 0.416 e. The summed E-state index contributed by atoms with van der Waals surface area (Å²) in [6, 6.07) is 5.17. The zero-order valence-electron chi connectivity index (χ0n) is 19.0. The van der Waals surface area contributed by atoms with E-state index >= 15 is 0 Å². The minimum Gasteiger partial charge on any atom is -0.383 e. The number of nitrogen functional groups attached to an aromatic ring is 1. The number of carbonyl (C=O) groups excluding carboxylic acids is 1. The standard InChI is InChI=1S/C22H30F3N5O3/c1-4-6-12-29(18-19(26)30(11-5-2)21(33)27-20(18)32)17(31)14-28(3)13-15-9-7-8-10-16(15)22(23,24)25/h7-10H,4-6,11-14,26H2,1-3H3,(H,27,32,33). The summed E-state index contributed by atoms with van der Waals surface area (Å²) in [5.74, 6) is -0.616. The largest absolute Gasteiger partial charge is 0.416 e. The average Bonchev–Trinajstić information content (AvgIpc) is 2.72. The molecule has 2 rings (SSSR count). The highest BCUT2D eigenvalue weighted by atomic mass is 19.4. The first-order chi connectivity index (χ1) is 15.5. The van der Waals surface area contributed by atoms with Gasteiger partial charge in [0.05, 0.1) is 12.1 Å². The number of unbranched alkanes of at least 4 members (excludes halogenated alkanes) is 1. The molecule has 0 bridgehead atoms. The second kappa shape index (κ2) is 11.2. The Labute approximate surface area is 189 Å². The molecule has 0 radical (unpaired) electrons. The summed E-state index contributed by atoms with van der Waals surface area (Å²) in [7, 11) is 1.52. The molecule has 182 valence electrons. The first kappa shape index (κ1) is 26.2. The van der Waals surface area contributed by atoms with Gasteiger partial charge >= 0.3 is 11.9 Å². The molecule has 1 amide bonds. The van der Waals surface area contributed by atoms with E-state index in [1.807, 2.05) is 13.8 Å². The van der Waals surface area contributed by atoms with Crippen LogP contribution in [0.1, 0.15) is 44.2 Å². The van der Waals surface area contributed by atoms with Gasteiger partial charge < -0.3 is 10.6 Å². The van der Waals surface area contributed by atoms with Crippen LogP contribution in [0.15, 0.2) is 33.9 Å². The number of aromatic amines is 1. The van der Waals surface area contributed by atoms with Crippen molar-refractivity contribution in [2.45, 2.75) is 52.4 Å². The van der Waals surface area contributed by atoms with E-state index in [0.29, 0.717) is 12.8 Å². The minimum atomic E-state index is -4.51. The maximum atomic E-state index is 13.3. The Morgan fingerprint density at radius 2 is 1.82 bits per heavy atom. The number of hydrogen-bond donors (Lipinski definition) is 2. The molecule has 0 aliphatic carbocycles. The normalized spacial score (nSPS) is 11.7. The van der Waals surface area contributed by atoms with Crippen molar-refractivity contribution in [3.8, 4) is 0 Å². The van der Waals surface area contributed by atoms with Crippen molar-refractivity contribution < 1.29 is 18.0 Å². The molecule has 1 aromatic carbocycles. The first-order valence-electron chi connectivity index (χ1n) is 10.8. The van der Waals surface area contributed by atoms with Gasteiger partial charge in [-0.1, -0.05) is 38.5 Å². The molecule has 1 heterocycles. The van der Waals surface area contributed by atoms with Crippen LogP contribution in [-0.4, -0.2) is 40.5 Å². The van der Waals surface area contributed by atoms with E-state index in [1.54, 1.807) is 0 Å². The number of H-pyrrole nitrogens is 1. The van der Waals surface area contributed by atoms with E-state index in [9.17, 15) is 27.6 Å². The van der Waals surface area contributed by atoms with E-state index in [-0.39, 0.29) is 43.2 Å². The number of halogens is 3. The molecule has 3 N–H and O–H groups in total. The second-order valence-corrected chi connectivity index (χ2v) is 7.87. The van der Waals surface area contributed by atoms with Crippen LogP contribution in [0.4, 0.5) is 24.7 Å². The molecule has 0 saturated heterocycles. The summed E-state index contributed by atoms with van der Waals surface area (Å²) in [5.41, 5.74) is 3.83. The molecule has 33 heavy (non-hydrogen) atoms. The van der Waals surface area contributed by atoms with E-state index in [4.69, 9.17) is 5.73 Å². The van der Waals surface area contributed by atoms with Crippen LogP contribution in [0.2, 0.25) is 0 Å². The molecular weight excluding hydrogens is 439 g/mol. The minimum absolute atomic E-state index is 0.0364. The van der Waals surface area contributed by atoms with Gasteiger partial charge in [0.25, 0.3) is 5.56 Å². The van der Waals surface area contributed by atoms with Gasteiger partial charge in [0, 0.05) is 19.6 Å². The highest BCUT2D eigenvalue weighted by Crippen LogP contribution is 2.32. The van der Waals surface area contributed by atoms with Crippen molar-refractivity contribution in [2.75, 3.05) is 30.8 Å². The molecule has 0 aliphatic rings. The Balaban J connectivity index is 2.34. The number of nitrogens with one attached hydrogen (secondary N) is 1. The zero-order valence-corrected chi connectivity index (χ0v) is 19.0. The lowest BCUT2D eigenvalue weighted by molar-refractivity contribution is -0.138. The van der Waals surface area contributed by atoms with Crippen molar-refractivity contribution in [1.82, 2.24) is 14.5 Å². The van der Waals surface area contributed by atoms with E-state index < -0.39 is 28.9 Å². The lowest BCUT2D eigenvalue weighted by Crippen LogP contribution is -2.45. The van der Waals surface area contributed by atoms with Gasteiger partial charge in [-0.25, -0.2) is 4.79 Å². The quantitative estimate of drug-likeness (QED) is 0.557.